The predicted molar refractivity (Wildman–Crippen MR) is 70.1 cm³/mol. The van der Waals surface area contributed by atoms with Crippen LogP contribution in [-0.2, 0) is 0 Å². The molecule has 1 nitrogen and oxygen atoms in total. The monoisotopic (exact) mass is 209 g/mol. The molecule has 0 radical (unpaired) electrons. The summed E-state index contributed by atoms with van der Waals surface area (Å²) in [6, 6.07) is 0. The van der Waals surface area contributed by atoms with Crippen molar-refractivity contribution < 1.29 is 0 Å². The number of hydrogen-bond acceptors (Lipinski definition) is 1. The van der Waals surface area contributed by atoms with E-state index in [4.69, 9.17) is 0 Å². The number of rotatable bonds is 2. The zero-order valence-corrected chi connectivity index (χ0v) is 11.0. The number of likely N-dealkylation sites (tertiary alicyclic amines) is 1. The molecule has 1 heteroatoms. The van der Waals surface area contributed by atoms with Crippen LogP contribution in [0.3, 0.4) is 0 Å². The van der Waals surface area contributed by atoms with E-state index in [1.165, 1.54) is 37.9 Å². The van der Waals surface area contributed by atoms with Crippen molar-refractivity contribution in [3.05, 3.63) is 24.3 Å². The minimum Gasteiger partial charge on any atom is -0.306 e. The first-order chi connectivity index (χ1) is 7.02. The Bertz CT molecular complexity index is 197. The summed E-state index contributed by atoms with van der Waals surface area (Å²) in [5.74, 6) is 0.693. The van der Waals surface area contributed by atoms with Crippen molar-refractivity contribution in [2.45, 2.75) is 40.0 Å². The van der Waals surface area contributed by atoms with E-state index in [1.54, 1.807) is 0 Å². The molecule has 0 N–H and O–H groups in total. The minimum absolute atomic E-state index is 0.693. The number of piperidine rings is 1. The highest BCUT2D eigenvalue weighted by atomic mass is 15.1. The lowest BCUT2D eigenvalue weighted by molar-refractivity contribution is 0.239. The molecule has 88 valence electrons. The normalized spacial score (nSPS) is 17.9. The van der Waals surface area contributed by atoms with Gasteiger partial charge >= 0.3 is 0 Å². The second-order valence-electron chi connectivity index (χ2n) is 4.59. The SMILES string of the molecule is C=C(C)C(=C)C1CCN(C)CC1.CCC. The summed E-state index contributed by atoms with van der Waals surface area (Å²) in [5, 5.41) is 0. The van der Waals surface area contributed by atoms with Crippen LogP contribution in [0.5, 0.6) is 0 Å². The predicted octanol–water partition coefficient (Wildman–Crippen LogP) is 3.88. The molecule has 1 rings (SSSR count). The molecule has 1 heterocycles. The quantitative estimate of drug-likeness (QED) is 0.624. The van der Waals surface area contributed by atoms with Crippen LogP contribution < -0.4 is 0 Å². The van der Waals surface area contributed by atoms with Gasteiger partial charge in [-0.2, -0.15) is 0 Å². The van der Waals surface area contributed by atoms with Gasteiger partial charge in [-0.05, 0) is 51.4 Å². The summed E-state index contributed by atoms with van der Waals surface area (Å²) in [5.41, 5.74) is 2.42. The average Bonchev–Trinajstić information content (AvgIpc) is 2.19. The van der Waals surface area contributed by atoms with Crippen LogP contribution in [0.2, 0.25) is 0 Å². The summed E-state index contributed by atoms with van der Waals surface area (Å²) < 4.78 is 0. The van der Waals surface area contributed by atoms with Crippen LogP contribution in [0.4, 0.5) is 0 Å². The third-order valence-electron chi connectivity index (χ3n) is 2.76. The lowest BCUT2D eigenvalue weighted by Crippen LogP contribution is -2.30. The Morgan fingerprint density at radius 3 is 1.93 bits per heavy atom. The topological polar surface area (TPSA) is 3.24 Å². The molecule has 0 bridgehead atoms. The minimum atomic E-state index is 0.693. The fraction of sp³-hybridized carbons (Fsp3) is 0.714. The second kappa shape index (κ2) is 7.70. The first-order valence-corrected chi connectivity index (χ1v) is 6.06. The summed E-state index contributed by atoms with van der Waals surface area (Å²) in [4.78, 5) is 2.38. The van der Waals surface area contributed by atoms with Gasteiger partial charge in [-0.25, -0.2) is 0 Å². The molecule has 0 unspecified atom stereocenters. The zero-order chi connectivity index (χ0) is 11.8. The first kappa shape index (κ1) is 14.4. The first-order valence-electron chi connectivity index (χ1n) is 6.06. The maximum absolute atomic E-state index is 4.08. The third-order valence-corrected chi connectivity index (χ3v) is 2.76. The molecule has 0 spiro atoms. The third kappa shape index (κ3) is 5.78. The molecule has 0 atom stereocenters. The molecule has 0 aliphatic carbocycles. The van der Waals surface area contributed by atoms with Gasteiger partial charge in [0, 0.05) is 0 Å². The van der Waals surface area contributed by atoms with Crippen LogP contribution in [0, 0.1) is 5.92 Å². The van der Waals surface area contributed by atoms with E-state index in [-0.39, 0.29) is 0 Å². The Hall–Kier alpha value is -0.560. The lowest BCUT2D eigenvalue weighted by atomic mass is 9.87. The Morgan fingerprint density at radius 2 is 1.60 bits per heavy atom. The van der Waals surface area contributed by atoms with Gasteiger partial charge in [0.25, 0.3) is 0 Å². The van der Waals surface area contributed by atoms with Gasteiger partial charge in [-0.1, -0.05) is 39.0 Å². The Labute approximate surface area is 95.9 Å². The van der Waals surface area contributed by atoms with Gasteiger partial charge in [0.05, 0.1) is 0 Å². The van der Waals surface area contributed by atoms with E-state index in [9.17, 15) is 0 Å². The van der Waals surface area contributed by atoms with Crippen molar-refractivity contribution >= 4 is 0 Å². The van der Waals surface area contributed by atoms with Crippen molar-refractivity contribution in [2.24, 2.45) is 5.92 Å². The molecular weight excluding hydrogens is 182 g/mol. The van der Waals surface area contributed by atoms with Gasteiger partial charge in [0.1, 0.15) is 0 Å². The highest BCUT2D eigenvalue weighted by Gasteiger charge is 2.18. The standard InChI is InChI=1S/C11H19N.C3H8/c1-9(2)10(3)11-5-7-12(4)8-6-11;1-3-2/h11H,1,3,5-8H2,2,4H3;3H2,1-2H3. The fourth-order valence-electron chi connectivity index (χ4n) is 1.71. The molecular formula is C14H27N. The van der Waals surface area contributed by atoms with Crippen LogP contribution in [-0.4, -0.2) is 25.0 Å². The molecule has 1 aliphatic rings. The molecule has 0 aromatic heterocycles. The van der Waals surface area contributed by atoms with Crippen LogP contribution in [0.15, 0.2) is 24.3 Å². The smallest absolute Gasteiger partial charge is 0.00159 e. The number of hydrogen-bond donors (Lipinski definition) is 0. The van der Waals surface area contributed by atoms with E-state index >= 15 is 0 Å². The van der Waals surface area contributed by atoms with Crippen LogP contribution >= 0.6 is 0 Å². The molecule has 0 saturated carbocycles. The molecule has 0 amide bonds. The van der Waals surface area contributed by atoms with Gasteiger partial charge in [0.15, 0.2) is 0 Å². The van der Waals surface area contributed by atoms with E-state index in [0.29, 0.717) is 5.92 Å². The molecule has 15 heavy (non-hydrogen) atoms. The molecule has 0 aromatic rings. The molecule has 1 aliphatic heterocycles. The van der Waals surface area contributed by atoms with E-state index in [2.05, 4.69) is 45.9 Å². The Kier molecular flexibility index (Phi) is 7.41. The largest absolute Gasteiger partial charge is 0.306 e. The van der Waals surface area contributed by atoms with Crippen molar-refractivity contribution in [1.82, 2.24) is 4.90 Å². The molecule has 0 aromatic carbocycles. The van der Waals surface area contributed by atoms with E-state index < -0.39 is 0 Å². The van der Waals surface area contributed by atoms with Gasteiger partial charge < -0.3 is 4.90 Å². The highest BCUT2D eigenvalue weighted by Crippen LogP contribution is 2.26. The van der Waals surface area contributed by atoms with E-state index in [1.807, 2.05) is 0 Å². The van der Waals surface area contributed by atoms with Crippen molar-refractivity contribution in [3.63, 3.8) is 0 Å². The Balaban J connectivity index is 0.000000583. The summed E-state index contributed by atoms with van der Waals surface area (Å²) in [7, 11) is 2.18. The second-order valence-corrected chi connectivity index (χ2v) is 4.59. The molecule has 1 fully saturated rings. The lowest BCUT2D eigenvalue weighted by Gasteiger charge is -2.30. The zero-order valence-electron chi connectivity index (χ0n) is 11.0. The van der Waals surface area contributed by atoms with Crippen LogP contribution in [0.1, 0.15) is 40.0 Å². The highest BCUT2D eigenvalue weighted by molar-refractivity contribution is 5.25. The number of nitrogens with zero attached hydrogens (tertiary/aromatic N) is 1. The summed E-state index contributed by atoms with van der Waals surface area (Å²) in [6.07, 6.45) is 3.75. The maximum Gasteiger partial charge on any atom is -0.00159 e. The summed E-state index contributed by atoms with van der Waals surface area (Å²) in [6.45, 7) is 16.7. The van der Waals surface area contributed by atoms with Gasteiger partial charge in [-0.3, -0.25) is 0 Å². The fourth-order valence-corrected chi connectivity index (χ4v) is 1.71. The Morgan fingerprint density at radius 1 is 1.20 bits per heavy atom. The average molecular weight is 209 g/mol. The number of allylic oxidation sites excluding steroid dienone is 2. The summed E-state index contributed by atoms with van der Waals surface area (Å²) >= 11 is 0. The maximum atomic E-state index is 4.08. The van der Waals surface area contributed by atoms with E-state index in [0.717, 1.165) is 5.57 Å². The van der Waals surface area contributed by atoms with Crippen molar-refractivity contribution in [1.29, 1.82) is 0 Å². The van der Waals surface area contributed by atoms with Gasteiger partial charge in [0.2, 0.25) is 0 Å². The van der Waals surface area contributed by atoms with Crippen molar-refractivity contribution in [3.8, 4) is 0 Å². The van der Waals surface area contributed by atoms with Crippen LogP contribution in [0.25, 0.3) is 0 Å². The molecule has 1 saturated heterocycles. The van der Waals surface area contributed by atoms with Gasteiger partial charge in [-0.15, -0.1) is 0 Å². The van der Waals surface area contributed by atoms with Crippen molar-refractivity contribution in [2.75, 3.05) is 20.1 Å².